The molecule has 2 amide bonds. The van der Waals surface area contributed by atoms with Crippen molar-refractivity contribution in [1.29, 1.82) is 0 Å². The van der Waals surface area contributed by atoms with Crippen LogP contribution in [0.1, 0.15) is 69.7 Å². The second-order valence-electron chi connectivity index (χ2n) is 11.6. The monoisotopic (exact) mass is 507 g/mol. The number of hydrogen-bond acceptors (Lipinski definition) is 6. The minimum atomic E-state index is -0.720. The lowest BCUT2D eigenvalue weighted by molar-refractivity contribution is -0.138. The molecule has 1 aromatic rings. The summed E-state index contributed by atoms with van der Waals surface area (Å²) >= 11 is 0. The van der Waals surface area contributed by atoms with Gasteiger partial charge in [-0.1, -0.05) is 12.5 Å². The molecule has 2 unspecified atom stereocenters. The molecule has 6 rings (SSSR count). The highest BCUT2D eigenvalue weighted by Gasteiger charge is 2.40. The van der Waals surface area contributed by atoms with Crippen LogP contribution in [-0.4, -0.2) is 59.6 Å². The molecule has 3 aliphatic heterocycles. The normalized spacial score (nSPS) is 26.5. The number of carbonyl (C=O) groups is 2. The third kappa shape index (κ3) is 4.68. The van der Waals surface area contributed by atoms with Crippen LogP contribution in [0.15, 0.2) is 40.0 Å². The van der Waals surface area contributed by atoms with E-state index in [0.717, 1.165) is 67.6 Å². The maximum absolute atomic E-state index is 15.0. The van der Waals surface area contributed by atoms with E-state index in [1.54, 1.807) is 9.80 Å². The summed E-state index contributed by atoms with van der Waals surface area (Å²) in [6.07, 6.45) is 8.37. The van der Waals surface area contributed by atoms with Crippen LogP contribution in [-0.2, 0) is 9.53 Å². The highest BCUT2D eigenvalue weighted by atomic mass is 19.1. The van der Waals surface area contributed by atoms with Crippen molar-refractivity contribution in [2.45, 2.75) is 58.4 Å². The number of allylic oxidation sites excluding steroid dienone is 3. The van der Waals surface area contributed by atoms with E-state index in [4.69, 9.17) is 4.74 Å². The van der Waals surface area contributed by atoms with Gasteiger partial charge in [0.25, 0.3) is 0 Å². The summed E-state index contributed by atoms with van der Waals surface area (Å²) in [4.78, 5) is 33.2. The average Bonchev–Trinajstić information content (AvgIpc) is 3.45. The lowest BCUT2D eigenvalue weighted by atomic mass is 9.85. The molecule has 37 heavy (non-hydrogen) atoms. The number of fused-ring (bicyclic) bond motifs is 1. The molecule has 0 N–H and O–H groups in total. The van der Waals surface area contributed by atoms with Crippen LogP contribution in [0.3, 0.4) is 0 Å². The van der Waals surface area contributed by atoms with Gasteiger partial charge in [-0.2, -0.15) is 10.2 Å². The van der Waals surface area contributed by atoms with Crippen LogP contribution in [0.5, 0.6) is 0 Å². The van der Waals surface area contributed by atoms with Crippen molar-refractivity contribution >= 4 is 23.3 Å². The van der Waals surface area contributed by atoms with Gasteiger partial charge < -0.3 is 14.5 Å². The van der Waals surface area contributed by atoms with Gasteiger partial charge in [-0.3, -0.25) is 9.78 Å². The van der Waals surface area contributed by atoms with Crippen LogP contribution >= 0.6 is 0 Å². The first-order valence-electron chi connectivity index (χ1n) is 13.5. The number of aromatic nitrogens is 1. The predicted molar refractivity (Wildman–Crippen MR) is 136 cm³/mol. The molecule has 0 bridgehead atoms. The topological polar surface area (TPSA) is 87.5 Å². The number of halogens is 1. The Balaban J connectivity index is 1.09. The number of carbonyl (C=O) groups excluding carboxylic acids is 2. The van der Waals surface area contributed by atoms with Gasteiger partial charge in [0.05, 0.1) is 23.9 Å². The number of nitrogens with zero attached hydrogens (tertiary/aromatic N) is 5. The first kappa shape index (κ1) is 24.2. The molecule has 4 heterocycles. The zero-order chi connectivity index (χ0) is 25.7. The minimum absolute atomic E-state index is 0.0765. The Kier molecular flexibility index (Phi) is 6.12. The molecule has 3 fully saturated rings. The summed E-state index contributed by atoms with van der Waals surface area (Å²) in [5.74, 6) is -0.948. The number of piperidine rings is 1. The molecule has 2 saturated heterocycles. The van der Waals surface area contributed by atoms with Gasteiger partial charge in [-0.25, -0.2) is 9.18 Å². The summed E-state index contributed by atoms with van der Waals surface area (Å²) in [6, 6.07) is 1.80. The van der Waals surface area contributed by atoms with Gasteiger partial charge in [0.15, 0.2) is 0 Å². The van der Waals surface area contributed by atoms with E-state index < -0.39 is 11.7 Å². The SMILES string of the molecule is CC1=C(c2cc3c(cn2)C(C2CCN(C(=O)OCC4(C)CC4)CC2)N=N3)C=C(F)C(C(=O)N2CCC2)C1. The second kappa shape index (κ2) is 9.33. The molecule has 9 heteroatoms. The molecule has 2 atom stereocenters. The van der Waals surface area contributed by atoms with E-state index in [9.17, 15) is 14.0 Å². The summed E-state index contributed by atoms with van der Waals surface area (Å²) in [7, 11) is 0. The molecule has 8 nitrogen and oxygen atoms in total. The van der Waals surface area contributed by atoms with Crippen molar-refractivity contribution in [2.75, 3.05) is 32.8 Å². The lowest BCUT2D eigenvalue weighted by Gasteiger charge is -2.35. The fourth-order valence-corrected chi connectivity index (χ4v) is 5.66. The maximum Gasteiger partial charge on any atom is 0.409 e. The molecular weight excluding hydrogens is 473 g/mol. The van der Waals surface area contributed by atoms with Gasteiger partial charge in [-0.15, -0.1) is 0 Å². The number of pyridine rings is 1. The molecule has 2 aliphatic carbocycles. The Morgan fingerprint density at radius 1 is 1.16 bits per heavy atom. The molecule has 196 valence electrons. The average molecular weight is 508 g/mol. The second-order valence-corrected chi connectivity index (χ2v) is 11.6. The summed E-state index contributed by atoms with van der Waals surface area (Å²) in [6.45, 7) is 7.35. The van der Waals surface area contributed by atoms with E-state index in [1.807, 2.05) is 19.2 Å². The van der Waals surface area contributed by atoms with Crippen LogP contribution in [0.2, 0.25) is 0 Å². The Hall–Kier alpha value is -3.10. The summed E-state index contributed by atoms with van der Waals surface area (Å²) in [5, 5.41) is 9.00. The van der Waals surface area contributed by atoms with Crippen molar-refractivity contribution in [1.82, 2.24) is 14.8 Å². The molecular formula is C28H34FN5O3. The maximum atomic E-state index is 15.0. The smallest absolute Gasteiger partial charge is 0.409 e. The highest BCUT2D eigenvalue weighted by molar-refractivity contribution is 5.86. The molecule has 0 spiro atoms. The number of amides is 2. The van der Waals surface area contributed by atoms with Crippen molar-refractivity contribution in [2.24, 2.45) is 27.5 Å². The van der Waals surface area contributed by atoms with Gasteiger partial charge in [-0.05, 0) is 63.5 Å². The fourth-order valence-electron chi connectivity index (χ4n) is 5.66. The van der Waals surface area contributed by atoms with E-state index in [1.165, 1.54) is 6.08 Å². The third-order valence-corrected chi connectivity index (χ3v) is 8.74. The summed E-state index contributed by atoms with van der Waals surface area (Å²) in [5.41, 5.74) is 4.27. The van der Waals surface area contributed by atoms with Crippen LogP contribution in [0.4, 0.5) is 14.9 Å². The van der Waals surface area contributed by atoms with Gasteiger partial charge in [0.1, 0.15) is 11.9 Å². The molecule has 1 saturated carbocycles. The molecule has 0 aromatic carbocycles. The first-order chi connectivity index (χ1) is 17.8. The Morgan fingerprint density at radius 2 is 1.92 bits per heavy atom. The third-order valence-electron chi connectivity index (χ3n) is 8.74. The van der Waals surface area contributed by atoms with Crippen LogP contribution < -0.4 is 0 Å². The highest BCUT2D eigenvalue weighted by Crippen LogP contribution is 2.46. The zero-order valence-electron chi connectivity index (χ0n) is 21.6. The van der Waals surface area contributed by atoms with Gasteiger partial charge >= 0.3 is 6.09 Å². The number of rotatable bonds is 5. The van der Waals surface area contributed by atoms with Crippen molar-refractivity contribution in [3.05, 3.63) is 41.0 Å². The van der Waals surface area contributed by atoms with Gasteiger partial charge in [0, 0.05) is 48.9 Å². The van der Waals surface area contributed by atoms with E-state index in [2.05, 4.69) is 22.1 Å². The number of hydrogen-bond donors (Lipinski definition) is 0. The number of ether oxygens (including phenoxy) is 1. The Labute approximate surface area is 216 Å². The first-order valence-corrected chi connectivity index (χ1v) is 13.5. The van der Waals surface area contributed by atoms with Crippen molar-refractivity contribution < 1.29 is 18.7 Å². The predicted octanol–water partition coefficient (Wildman–Crippen LogP) is 5.75. The Morgan fingerprint density at radius 3 is 2.59 bits per heavy atom. The Bertz CT molecular complexity index is 1210. The largest absolute Gasteiger partial charge is 0.449 e. The van der Waals surface area contributed by atoms with Crippen LogP contribution in [0, 0.1) is 17.3 Å². The molecule has 5 aliphatic rings. The molecule has 0 radical (unpaired) electrons. The zero-order valence-corrected chi connectivity index (χ0v) is 21.6. The minimum Gasteiger partial charge on any atom is -0.449 e. The summed E-state index contributed by atoms with van der Waals surface area (Å²) < 4.78 is 20.5. The number of likely N-dealkylation sites (tertiary alicyclic amines) is 2. The van der Waals surface area contributed by atoms with Crippen molar-refractivity contribution in [3.8, 4) is 0 Å². The lowest BCUT2D eigenvalue weighted by Crippen LogP contribution is -2.45. The fraction of sp³-hybridized carbons (Fsp3) is 0.607. The van der Waals surface area contributed by atoms with Gasteiger partial charge in [0.2, 0.25) is 5.91 Å². The molecule has 1 aromatic heterocycles. The quantitative estimate of drug-likeness (QED) is 0.508. The standard InChI is InChI=1S/C28H34FN5O3/c1-17-12-20(26(35)33-8-3-9-33)22(29)13-19(17)23-14-24-21(15-30-23)25(32-31-24)18-4-10-34(11-5-18)27(36)37-16-28(2)6-7-28/h13-15,18,20,25H,3-12,16H2,1-2H3. The van der Waals surface area contributed by atoms with Crippen molar-refractivity contribution in [3.63, 3.8) is 0 Å². The van der Waals surface area contributed by atoms with Crippen LogP contribution in [0.25, 0.3) is 5.57 Å². The van der Waals surface area contributed by atoms with E-state index in [-0.39, 0.29) is 29.4 Å². The van der Waals surface area contributed by atoms with E-state index in [0.29, 0.717) is 31.8 Å². The number of azo groups is 1. The van der Waals surface area contributed by atoms with E-state index >= 15 is 0 Å².